The molecule has 4 nitrogen and oxygen atoms in total. The zero-order valence-corrected chi connectivity index (χ0v) is 15.7. The van der Waals surface area contributed by atoms with E-state index in [1.807, 2.05) is 62.3 Å². The molecular formula is C17H39NO3. The van der Waals surface area contributed by atoms with E-state index < -0.39 is 5.60 Å². The molecule has 1 amide bonds. The minimum absolute atomic E-state index is 0.0589. The van der Waals surface area contributed by atoms with Gasteiger partial charge in [0, 0.05) is 6.04 Å². The molecule has 0 radical (unpaired) electrons. The predicted molar refractivity (Wildman–Crippen MR) is 91.7 cm³/mol. The Balaban J connectivity index is -0.000000478. The lowest BCUT2D eigenvalue weighted by Gasteiger charge is -2.28. The number of ether oxygens (including phenoxy) is 1. The summed E-state index contributed by atoms with van der Waals surface area (Å²) in [6.07, 6.45) is 2.70. The molecule has 1 fully saturated rings. The number of amides is 1. The Morgan fingerprint density at radius 3 is 1.90 bits per heavy atom. The number of hydrogen-bond acceptors (Lipinski definition) is 3. The standard InChI is InChI=1S/C11H21NO3.3C2H6/c1-11(2,3)15-10(14)12-8-5-4-6-9(13)7-8;3*1-2/h8-9,13H,4-7H2,1-3H3,(H,12,14);3*1-2H3. The molecule has 0 bridgehead atoms. The van der Waals surface area contributed by atoms with Crippen molar-refractivity contribution >= 4 is 6.09 Å². The van der Waals surface area contributed by atoms with Gasteiger partial charge in [-0.2, -0.15) is 0 Å². The van der Waals surface area contributed by atoms with Crippen molar-refractivity contribution in [1.29, 1.82) is 0 Å². The molecule has 2 N–H and O–H groups in total. The Morgan fingerprint density at radius 2 is 1.52 bits per heavy atom. The lowest BCUT2D eigenvalue weighted by Crippen LogP contribution is -2.42. The summed E-state index contributed by atoms with van der Waals surface area (Å²) in [4.78, 5) is 11.4. The van der Waals surface area contributed by atoms with E-state index in [-0.39, 0.29) is 18.2 Å². The minimum Gasteiger partial charge on any atom is -0.444 e. The van der Waals surface area contributed by atoms with Crippen LogP contribution in [0.1, 0.15) is 88.0 Å². The van der Waals surface area contributed by atoms with Crippen molar-refractivity contribution in [3.05, 3.63) is 0 Å². The van der Waals surface area contributed by atoms with Crippen molar-refractivity contribution < 1.29 is 14.6 Å². The molecule has 0 saturated heterocycles. The SMILES string of the molecule is CC.CC.CC.CC(C)(C)OC(=O)NC1CCCC(O)C1. The summed E-state index contributed by atoms with van der Waals surface area (Å²) in [5, 5.41) is 12.2. The number of carbonyl (C=O) groups excluding carboxylic acids is 1. The highest BCUT2D eigenvalue weighted by Gasteiger charge is 2.24. The van der Waals surface area contributed by atoms with E-state index in [0.717, 1.165) is 19.3 Å². The molecule has 0 aromatic heterocycles. The van der Waals surface area contributed by atoms with E-state index in [1.54, 1.807) is 0 Å². The monoisotopic (exact) mass is 305 g/mol. The van der Waals surface area contributed by atoms with E-state index in [0.29, 0.717) is 6.42 Å². The molecular weight excluding hydrogens is 266 g/mol. The number of nitrogens with one attached hydrogen (secondary N) is 1. The maximum Gasteiger partial charge on any atom is 0.407 e. The highest BCUT2D eigenvalue weighted by Crippen LogP contribution is 2.18. The fraction of sp³-hybridized carbons (Fsp3) is 0.941. The maximum absolute atomic E-state index is 11.4. The second-order valence-electron chi connectivity index (χ2n) is 5.16. The molecule has 0 aromatic carbocycles. The number of rotatable bonds is 1. The Morgan fingerprint density at radius 1 is 1.05 bits per heavy atom. The van der Waals surface area contributed by atoms with Gasteiger partial charge in [0.1, 0.15) is 5.60 Å². The van der Waals surface area contributed by atoms with Crippen LogP contribution in [0.2, 0.25) is 0 Å². The molecule has 1 saturated carbocycles. The van der Waals surface area contributed by atoms with Gasteiger partial charge in [-0.05, 0) is 46.5 Å². The van der Waals surface area contributed by atoms with Crippen molar-refractivity contribution in [2.24, 2.45) is 0 Å². The average Bonchev–Trinajstić information content (AvgIpc) is 2.43. The third-order valence-corrected chi connectivity index (χ3v) is 2.37. The molecule has 0 heterocycles. The third kappa shape index (κ3) is 17.2. The zero-order valence-electron chi connectivity index (χ0n) is 15.7. The normalized spacial score (nSPS) is 20.3. The Labute approximate surface area is 132 Å². The van der Waals surface area contributed by atoms with Gasteiger partial charge in [0.2, 0.25) is 0 Å². The lowest BCUT2D eigenvalue weighted by molar-refractivity contribution is 0.0451. The Hall–Kier alpha value is -0.770. The second kappa shape index (κ2) is 15.6. The van der Waals surface area contributed by atoms with Crippen LogP contribution in [0.4, 0.5) is 4.79 Å². The quantitative estimate of drug-likeness (QED) is 0.725. The van der Waals surface area contributed by atoms with E-state index in [1.165, 1.54) is 0 Å². The first-order chi connectivity index (χ1) is 9.87. The fourth-order valence-corrected chi connectivity index (χ4v) is 1.77. The van der Waals surface area contributed by atoms with Crippen molar-refractivity contribution in [2.45, 2.75) is 106 Å². The molecule has 2 unspecified atom stereocenters. The Kier molecular flexibility index (Phi) is 18.7. The van der Waals surface area contributed by atoms with Crippen molar-refractivity contribution in [3.8, 4) is 0 Å². The number of alkyl carbamates (subject to hydrolysis) is 1. The largest absolute Gasteiger partial charge is 0.444 e. The highest BCUT2D eigenvalue weighted by molar-refractivity contribution is 5.68. The molecule has 130 valence electrons. The first-order valence-corrected chi connectivity index (χ1v) is 8.54. The summed E-state index contributed by atoms with van der Waals surface area (Å²) < 4.78 is 5.14. The molecule has 0 aliphatic heterocycles. The Bertz CT molecular complexity index is 225. The first kappa shape index (κ1) is 25.2. The molecule has 0 spiro atoms. The van der Waals surface area contributed by atoms with Crippen molar-refractivity contribution in [1.82, 2.24) is 5.32 Å². The van der Waals surface area contributed by atoms with E-state index in [4.69, 9.17) is 4.74 Å². The molecule has 21 heavy (non-hydrogen) atoms. The van der Waals surface area contributed by atoms with Gasteiger partial charge < -0.3 is 15.2 Å². The predicted octanol–water partition coefficient (Wildman–Crippen LogP) is 4.89. The highest BCUT2D eigenvalue weighted by atomic mass is 16.6. The van der Waals surface area contributed by atoms with Crippen LogP contribution in [0.25, 0.3) is 0 Å². The lowest BCUT2D eigenvalue weighted by atomic mass is 9.93. The summed E-state index contributed by atoms with van der Waals surface area (Å²) >= 11 is 0. The maximum atomic E-state index is 11.4. The summed E-state index contributed by atoms with van der Waals surface area (Å²) in [5.41, 5.74) is -0.461. The minimum atomic E-state index is -0.461. The van der Waals surface area contributed by atoms with Crippen LogP contribution in [0, 0.1) is 0 Å². The molecule has 2 atom stereocenters. The smallest absolute Gasteiger partial charge is 0.407 e. The summed E-state index contributed by atoms with van der Waals surface area (Å²) in [6, 6.07) is 0.0589. The van der Waals surface area contributed by atoms with Crippen LogP contribution in [0.15, 0.2) is 0 Å². The average molecular weight is 306 g/mol. The summed E-state index contributed by atoms with van der Waals surface area (Å²) in [7, 11) is 0. The van der Waals surface area contributed by atoms with Gasteiger partial charge in [-0.1, -0.05) is 41.5 Å². The number of carbonyl (C=O) groups is 1. The molecule has 4 heteroatoms. The zero-order chi connectivity index (χ0) is 17.5. The number of aliphatic hydroxyl groups is 1. The van der Waals surface area contributed by atoms with Gasteiger partial charge in [0.05, 0.1) is 6.10 Å². The fourth-order valence-electron chi connectivity index (χ4n) is 1.77. The van der Waals surface area contributed by atoms with Gasteiger partial charge in [0.15, 0.2) is 0 Å². The van der Waals surface area contributed by atoms with Crippen LogP contribution in [0.5, 0.6) is 0 Å². The molecule has 1 aliphatic carbocycles. The van der Waals surface area contributed by atoms with E-state index >= 15 is 0 Å². The van der Waals surface area contributed by atoms with Crippen LogP contribution in [0.3, 0.4) is 0 Å². The van der Waals surface area contributed by atoms with Crippen molar-refractivity contribution in [2.75, 3.05) is 0 Å². The second-order valence-corrected chi connectivity index (χ2v) is 5.16. The van der Waals surface area contributed by atoms with E-state index in [9.17, 15) is 9.90 Å². The van der Waals surface area contributed by atoms with Gasteiger partial charge in [-0.3, -0.25) is 0 Å². The van der Waals surface area contributed by atoms with Gasteiger partial charge in [0.25, 0.3) is 0 Å². The summed E-state index contributed by atoms with van der Waals surface area (Å²) in [6.45, 7) is 17.5. The van der Waals surface area contributed by atoms with Gasteiger partial charge >= 0.3 is 6.09 Å². The van der Waals surface area contributed by atoms with Gasteiger partial charge in [-0.15, -0.1) is 0 Å². The van der Waals surface area contributed by atoms with E-state index in [2.05, 4.69) is 5.32 Å². The third-order valence-electron chi connectivity index (χ3n) is 2.37. The molecule has 1 rings (SSSR count). The van der Waals surface area contributed by atoms with Gasteiger partial charge in [-0.25, -0.2) is 4.79 Å². The van der Waals surface area contributed by atoms with Crippen LogP contribution < -0.4 is 5.32 Å². The molecule has 1 aliphatic rings. The van der Waals surface area contributed by atoms with Crippen molar-refractivity contribution in [3.63, 3.8) is 0 Å². The number of hydrogen-bond donors (Lipinski definition) is 2. The van der Waals surface area contributed by atoms with Crippen LogP contribution in [-0.4, -0.2) is 28.9 Å². The van der Waals surface area contributed by atoms with Crippen LogP contribution >= 0.6 is 0 Å². The number of aliphatic hydroxyl groups excluding tert-OH is 1. The topological polar surface area (TPSA) is 58.6 Å². The molecule has 0 aromatic rings. The first-order valence-electron chi connectivity index (χ1n) is 8.54. The van der Waals surface area contributed by atoms with Crippen LogP contribution in [-0.2, 0) is 4.74 Å². The summed E-state index contributed by atoms with van der Waals surface area (Å²) in [5.74, 6) is 0.